The molecule has 230 valence electrons. The summed E-state index contributed by atoms with van der Waals surface area (Å²) in [5.41, 5.74) is 4.27. The van der Waals surface area contributed by atoms with Crippen molar-refractivity contribution in [1.82, 2.24) is 24.3 Å². The molecule has 44 heavy (non-hydrogen) atoms. The van der Waals surface area contributed by atoms with E-state index in [1.165, 1.54) is 6.07 Å². The highest BCUT2D eigenvalue weighted by Crippen LogP contribution is 2.33. The van der Waals surface area contributed by atoms with Crippen LogP contribution in [0.4, 0.5) is 4.39 Å². The van der Waals surface area contributed by atoms with Gasteiger partial charge in [-0.25, -0.2) is 13.7 Å². The van der Waals surface area contributed by atoms with Crippen molar-refractivity contribution in [1.29, 1.82) is 0 Å². The van der Waals surface area contributed by atoms with Crippen LogP contribution in [0.15, 0.2) is 68.8 Å². The quantitative estimate of drug-likeness (QED) is 0.229. The van der Waals surface area contributed by atoms with Crippen molar-refractivity contribution in [2.75, 3.05) is 6.61 Å². The molecule has 10 nitrogen and oxygen atoms in total. The number of aromatic nitrogens is 5. The van der Waals surface area contributed by atoms with Gasteiger partial charge in [0, 0.05) is 29.7 Å². The molecule has 0 radical (unpaired) electrons. The second kappa shape index (κ2) is 12.7. The zero-order valence-electron chi connectivity index (χ0n) is 24.8. The maximum atomic E-state index is 15.8. The van der Waals surface area contributed by atoms with E-state index >= 15 is 4.39 Å². The Morgan fingerprint density at radius 1 is 1.11 bits per heavy atom. The molecule has 1 unspecified atom stereocenters. The predicted molar refractivity (Wildman–Crippen MR) is 163 cm³/mol. The summed E-state index contributed by atoms with van der Waals surface area (Å²) in [7, 11) is 0. The van der Waals surface area contributed by atoms with E-state index in [4.69, 9.17) is 4.74 Å². The molecule has 0 saturated heterocycles. The first kappa shape index (κ1) is 29.7. The first-order valence-electron chi connectivity index (χ1n) is 15.2. The van der Waals surface area contributed by atoms with Crippen molar-refractivity contribution in [2.45, 2.75) is 77.0 Å². The van der Waals surface area contributed by atoms with E-state index in [-0.39, 0.29) is 30.0 Å². The fourth-order valence-corrected chi connectivity index (χ4v) is 6.29. The van der Waals surface area contributed by atoms with Gasteiger partial charge >= 0.3 is 5.76 Å². The molecule has 1 aliphatic rings. The van der Waals surface area contributed by atoms with Crippen LogP contribution in [0.1, 0.15) is 68.8 Å². The van der Waals surface area contributed by atoms with Gasteiger partial charge in [0.1, 0.15) is 11.5 Å². The van der Waals surface area contributed by atoms with E-state index in [1.807, 2.05) is 40.3 Å². The molecule has 3 heterocycles. The first-order valence-corrected chi connectivity index (χ1v) is 15.2. The lowest BCUT2D eigenvalue weighted by molar-refractivity contribution is -0.0232. The molecule has 6 rings (SSSR count). The van der Waals surface area contributed by atoms with Gasteiger partial charge in [0.25, 0.3) is 5.56 Å². The third-order valence-corrected chi connectivity index (χ3v) is 8.37. The number of H-pyrrole nitrogens is 1. The smallest absolute Gasteiger partial charge is 0.391 e. The van der Waals surface area contributed by atoms with Gasteiger partial charge in [0.15, 0.2) is 5.82 Å². The van der Waals surface area contributed by atoms with E-state index in [0.29, 0.717) is 40.8 Å². The number of aliphatic hydroxyl groups excluding tert-OH is 1. The van der Waals surface area contributed by atoms with E-state index in [9.17, 15) is 14.7 Å². The van der Waals surface area contributed by atoms with E-state index in [0.717, 1.165) is 43.4 Å². The largest absolute Gasteiger partial charge is 0.439 e. The van der Waals surface area contributed by atoms with Crippen molar-refractivity contribution in [3.63, 3.8) is 0 Å². The molecular weight excluding hydrogens is 565 g/mol. The summed E-state index contributed by atoms with van der Waals surface area (Å²) in [6, 6.07) is 14.0. The zero-order valence-corrected chi connectivity index (χ0v) is 24.8. The molecule has 0 spiro atoms. The van der Waals surface area contributed by atoms with Crippen molar-refractivity contribution >= 4 is 5.65 Å². The lowest BCUT2D eigenvalue weighted by atomic mass is 9.92. The van der Waals surface area contributed by atoms with Gasteiger partial charge in [-0.2, -0.15) is 5.10 Å². The second-order valence-corrected chi connectivity index (χ2v) is 11.5. The van der Waals surface area contributed by atoms with Crippen LogP contribution in [0, 0.1) is 5.82 Å². The summed E-state index contributed by atoms with van der Waals surface area (Å²) in [5.74, 6) is -0.844. The standard InChI is InChI=1S/C33H36FN5O5/c1-3-6-29-27(32(41)38(30-15-16-35-39(29)30)23-11-13-24(14-12-23)43-19-20(2)40)17-22-10-9-21(18-28(22)34)25-7-4-5-8-26(25)31-36-33(42)44-37-31/h4-5,7-10,15-16,18,20,23-24,40H,3,6,11-14,17,19H2,1-2H3,(H,36,37,42)/t20?,23-,24-. The molecule has 3 aromatic heterocycles. The number of nitrogens with one attached hydrogen (secondary N) is 1. The molecule has 0 amide bonds. The highest BCUT2D eigenvalue weighted by atomic mass is 19.1. The number of aryl methyl sites for hydroxylation is 1. The molecule has 1 fully saturated rings. The summed E-state index contributed by atoms with van der Waals surface area (Å²) < 4.78 is 30.0. The highest BCUT2D eigenvalue weighted by Gasteiger charge is 2.28. The Kier molecular flexibility index (Phi) is 8.58. The monoisotopic (exact) mass is 601 g/mol. The maximum Gasteiger partial charge on any atom is 0.439 e. The lowest BCUT2D eigenvalue weighted by Gasteiger charge is -2.31. The van der Waals surface area contributed by atoms with Crippen molar-refractivity contribution in [2.24, 2.45) is 0 Å². The van der Waals surface area contributed by atoms with Gasteiger partial charge in [-0.1, -0.05) is 54.9 Å². The molecule has 1 atom stereocenters. The lowest BCUT2D eigenvalue weighted by Crippen LogP contribution is -2.35. The SMILES string of the molecule is CCCc1c(Cc2ccc(-c3ccccc3-c3noc(=O)[nH]3)cc2F)c(=O)n([C@H]2CC[C@H](OCC(C)O)CC2)c2ccnn12. The number of nitrogens with zero attached hydrogens (tertiary/aromatic N) is 4. The minimum atomic E-state index is -0.670. The van der Waals surface area contributed by atoms with Crippen LogP contribution in [0.2, 0.25) is 0 Å². The van der Waals surface area contributed by atoms with Crippen molar-refractivity contribution < 1.29 is 18.8 Å². The van der Waals surface area contributed by atoms with Crippen LogP contribution in [-0.4, -0.2) is 48.2 Å². The Labute approximate surface area is 253 Å². The van der Waals surface area contributed by atoms with Gasteiger partial charge in [-0.3, -0.25) is 18.9 Å². The third kappa shape index (κ3) is 5.89. The number of ether oxygens (including phenoxy) is 1. The Morgan fingerprint density at radius 3 is 2.57 bits per heavy atom. The second-order valence-electron chi connectivity index (χ2n) is 11.5. The van der Waals surface area contributed by atoms with Crippen LogP contribution in [0.3, 0.4) is 0 Å². The molecule has 2 aromatic carbocycles. The van der Waals surface area contributed by atoms with Crippen LogP contribution >= 0.6 is 0 Å². The van der Waals surface area contributed by atoms with Gasteiger partial charge in [-0.15, -0.1) is 0 Å². The van der Waals surface area contributed by atoms with Crippen LogP contribution < -0.4 is 11.3 Å². The Bertz CT molecular complexity index is 1880. The van der Waals surface area contributed by atoms with Crippen LogP contribution in [-0.2, 0) is 17.6 Å². The third-order valence-electron chi connectivity index (χ3n) is 8.37. The average molecular weight is 602 g/mol. The van der Waals surface area contributed by atoms with Crippen LogP contribution in [0.25, 0.3) is 28.2 Å². The van der Waals surface area contributed by atoms with Gasteiger partial charge < -0.3 is 9.84 Å². The van der Waals surface area contributed by atoms with Gasteiger partial charge in [0.05, 0.1) is 30.7 Å². The molecule has 0 aliphatic heterocycles. The minimum Gasteiger partial charge on any atom is -0.391 e. The molecular formula is C33H36FN5O5. The summed E-state index contributed by atoms with van der Waals surface area (Å²) >= 11 is 0. The van der Waals surface area contributed by atoms with Crippen molar-refractivity contribution in [3.05, 3.63) is 98.3 Å². The number of benzene rings is 2. The van der Waals surface area contributed by atoms with Crippen LogP contribution in [0.5, 0.6) is 0 Å². The highest BCUT2D eigenvalue weighted by molar-refractivity contribution is 5.80. The summed E-state index contributed by atoms with van der Waals surface area (Å²) in [6.07, 6.45) is 5.91. The van der Waals surface area contributed by atoms with E-state index in [1.54, 1.807) is 31.3 Å². The van der Waals surface area contributed by atoms with Gasteiger partial charge in [-0.05, 0) is 61.8 Å². The molecule has 1 aliphatic carbocycles. The zero-order chi connectivity index (χ0) is 30.8. The number of hydrogen-bond acceptors (Lipinski definition) is 7. The first-order chi connectivity index (χ1) is 21.3. The molecule has 0 bridgehead atoms. The predicted octanol–water partition coefficient (Wildman–Crippen LogP) is 5.07. The summed E-state index contributed by atoms with van der Waals surface area (Å²) in [4.78, 5) is 28.4. The summed E-state index contributed by atoms with van der Waals surface area (Å²) in [5, 5.41) is 18.0. The number of rotatable bonds is 10. The normalized spacial score (nSPS) is 17.7. The fraction of sp³-hybridized carbons (Fsp3) is 0.394. The van der Waals surface area contributed by atoms with Gasteiger partial charge in [0.2, 0.25) is 0 Å². The Morgan fingerprint density at radius 2 is 1.89 bits per heavy atom. The average Bonchev–Trinajstić information content (AvgIpc) is 3.68. The molecule has 11 heteroatoms. The Balaban J connectivity index is 1.35. The number of fused-ring (bicyclic) bond motifs is 1. The Hall–Kier alpha value is -4.35. The topological polar surface area (TPSA) is 128 Å². The van der Waals surface area contributed by atoms with E-state index in [2.05, 4.69) is 19.8 Å². The fourth-order valence-electron chi connectivity index (χ4n) is 6.29. The number of hydrogen-bond donors (Lipinski definition) is 2. The number of halogens is 1. The van der Waals surface area contributed by atoms with E-state index < -0.39 is 17.7 Å². The molecule has 5 aromatic rings. The number of aromatic amines is 1. The molecule has 1 saturated carbocycles. The van der Waals surface area contributed by atoms with Crippen molar-refractivity contribution in [3.8, 4) is 22.5 Å². The molecule has 2 N–H and O–H groups in total. The minimum absolute atomic E-state index is 0.0331. The maximum absolute atomic E-state index is 15.8. The number of aliphatic hydroxyl groups is 1. The summed E-state index contributed by atoms with van der Waals surface area (Å²) in [6.45, 7) is 4.06.